The van der Waals surface area contributed by atoms with Gasteiger partial charge in [-0.1, -0.05) is 30.3 Å². The number of nitrogens with zero attached hydrogens (tertiary/aromatic N) is 2. The van der Waals surface area contributed by atoms with E-state index >= 15 is 0 Å². The van der Waals surface area contributed by atoms with Crippen LogP contribution in [0.3, 0.4) is 0 Å². The molecule has 0 radical (unpaired) electrons. The number of nitrogens with one attached hydrogen (secondary N) is 2. The summed E-state index contributed by atoms with van der Waals surface area (Å²) in [5, 5.41) is 10.8. The highest BCUT2D eigenvalue weighted by Crippen LogP contribution is 2.25. The maximum atomic E-state index is 12.3. The summed E-state index contributed by atoms with van der Waals surface area (Å²) in [7, 11) is 0. The molecule has 0 spiro atoms. The molecule has 6 nitrogen and oxygen atoms in total. The molecule has 1 aliphatic rings. The minimum atomic E-state index is -0.309. The predicted molar refractivity (Wildman–Crippen MR) is 93.4 cm³/mol. The number of aromatic amines is 1. The highest BCUT2D eigenvalue weighted by Gasteiger charge is 2.30. The van der Waals surface area contributed by atoms with E-state index in [9.17, 15) is 4.79 Å². The van der Waals surface area contributed by atoms with E-state index in [1.165, 1.54) is 5.56 Å². The zero-order chi connectivity index (χ0) is 16.9. The number of H-pyrrole nitrogens is 1. The van der Waals surface area contributed by atoms with E-state index in [2.05, 4.69) is 44.7 Å². The van der Waals surface area contributed by atoms with Gasteiger partial charge in [0, 0.05) is 31.4 Å². The average Bonchev–Trinajstić information content (AvgIpc) is 2.98. The van der Waals surface area contributed by atoms with Gasteiger partial charge >= 0.3 is 5.97 Å². The van der Waals surface area contributed by atoms with Crippen LogP contribution in [-0.2, 0) is 11.2 Å². The Labute approximate surface area is 142 Å². The highest BCUT2D eigenvalue weighted by atomic mass is 16.5. The number of aromatic nitrogens is 2. The van der Waals surface area contributed by atoms with Crippen LogP contribution >= 0.6 is 0 Å². The molecular weight excluding hydrogens is 304 g/mol. The molecule has 1 fully saturated rings. The fourth-order valence-electron chi connectivity index (χ4n) is 3.18. The summed E-state index contributed by atoms with van der Waals surface area (Å²) >= 11 is 0. The predicted octanol–water partition coefficient (Wildman–Crippen LogP) is 1.92. The average molecular weight is 328 g/mol. The first-order chi connectivity index (χ1) is 11.7. The summed E-state index contributed by atoms with van der Waals surface area (Å²) in [6.07, 6.45) is 0.905. The van der Waals surface area contributed by atoms with Gasteiger partial charge in [-0.3, -0.25) is 5.10 Å². The minimum absolute atomic E-state index is 0.247. The van der Waals surface area contributed by atoms with Gasteiger partial charge < -0.3 is 15.0 Å². The van der Waals surface area contributed by atoms with Crippen molar-refractivity contribution in [3.8, 4) is 0 Å². The Bertz CT molecular complexity index is 684. The monoisotopic (exact) mass is 328 g/mol. The second kappa shape index (κ2) is 7.49. The molecular formula is C18H24N4O2. The van der Waals surface area contributed by atoms with Gasteiger partial charge in [0.15, 0.2) is 5.82 Å². The van der Waals surface area contributed by atoms with Crippen LogP contribution in [0.25, 0.3) is 0 Å². The Kier molecular flexibility index (Phi) is 5.15. The molecule has 2 heterocycles. The molecule has 1 saturated heterocycles. The number of hydrogen-bond acceptors (Lipinski definition) is 5. The minimum Gasteiger partial charge on any atom is -0.462 e. The number of carbonyl (C=O) groups is 1. The largest absolute Gasteiger partial charge is 0.462 e. The molecule has 1 aromatic carbocycles. The van der Waals surface area contributed by atoms with Crippen LogP contribution in [0.4, 0.5) is 5.82 Å². The normalized spacial score (nSPS) is 17.8. The van der Waals surface area contributed by atoms with Gasteiger partial charge in [0.1, 0.15) is 5.56 Å². The van der Waals surface area contributed by atoms with E-state index in [0.29, 0.717) is 18.0 Å². The van der Waals surface area contributed by atoms with Crippen molar-refractivity contribution >= 4 is 11.8 Å². The summed E-state index contributed by atoms with van der Waals surface area (Å²) in [4.78, 5) is 14.6. The first-order valence-electron chi connectivity index (χ1n) is 8.44. The molecule has 1 unspecified atom stereocenters. The van der Waals surface area contributed by atoms with Gasteiger partial charge in [-0.15, -0.1) is 0 Å². The Morgan fingerprint density at radius 3 is 2.92 bits per heavy atom. The number of piperazine rings is 1. The van der Waals surface area contributed by atoms with Gasteiger partial charge in [0.25, 0.3) is 0 Å². The van der Waals surface area contributed by atoms with Crippen LogP contribution in [0.5, 0.6) is 0 Å². The maximum Gasteiger partial charge on any atom is 0.343 e. The van der Waals surface area contributed by atoms with Crippen molar-refractivity contribution < 1.29 is 9.53 Å². The fourth-order valence-corrected chi connectivity index (χ4v) is 3.18. The molecule has 6 heteroatoms. The standard InChI is InChI=1S/C18H24N4O2/c1-3-24-18(23)16-13(2)20-21-17(16)22-10-9-19-12-15(22)11-14-7-5-4-6-8-14/h4-8,15,19H,3,9-12H2,1-2H3,(H,20,21). The number of anilines is 1. The van der Waals surface area contributed by atoms with E-state index in [0.717, 1.165) is 31.7 Å². The molecule has 0 aliphatic carbocycles. The van der Waals surface area contributed by atoms with E-state index < -0.39 is 0 Å². The molecule has 0 amide bonds. The van der Waals surface area contributed by atoms with Crippen molar-refractivity contribution in [1.29, 1.82) is 0 Å². The van der Waals surface area contributed by atoms with E-state index in [1.54, 1.807) is 0 Å². The number of benzene rings is 1. The first kappa shape index (κ1) is 16.5. The Morgan fingerprint density at radius 2 is 2.17 bits per heavy atom. The summed E-state index contributed by atoms with van der Waals surface area (Å²) in [6.45, 7) is 6.59. The smallest absolute Gasteiger partial charge is 0.343 e. The van der Waals surface area contributed by atoms with Crippen LogP contribution in [-0.4, -0.2) is 48.4 Å². The van der Waals surface area contributed by atoms with Crippen LogP contribution in [0.1, 0.15) is 28.5 Å². The zero-order valence-electron chi connectivity index (χ0n) is 14.2. The number of hydrogen-bond donors (Lipinski definition) is 2. The second-order valence-corrected chi connectivity index (χ2v) is 6.01. The SMILES string of the molecule is CCOC(=O)c1c(N2CCNCC2Cc2ccccc2)n[nH]c1C. The summed E-state index contributed by atoms with van der Waals surface area (Å²) in [5.74, 6) is 0.393. The topological polar surface area (TPSA) is 70.2 Å². The third-order valence-electron chi connectivity index (χ3n) is 4.34. The van der Waals surface area contributed by atoms with E-state index in [4.69, 9.17) is 4.74 Å². The molecule has 24 heavy (non-hydrogen) atoms. The van der Waals surface area contributed by atoms with Gasteiger partial charge in [0.2, 0.25) is 0 Å². The quantitative estimate of drug-likeness (QED) is 0.821. The third-order valence-corrected chi connectivity index (χ3v) is 4.34. The molecule has 128 valence electrons. The van der Waals surface area contributed by atoms with Crippen molar-refractivity contribution in [2.75, 3.05) is 31.1 Å². The van der Waals surface area contributed by atoms with Gasteiger partial charge in [0.05, 0.1) is 6.61 Å². The third kappa shape index (κ3) is 3.43. The lowest BCUT2D eigenvalue weighted by Crippen LogP contribution is -2.53. The molecule has 2 N–H and O–H groups in total. The first-order valence-corrected chi connectivity index (χ1v) is 8.44. The summed E-state index contributed by atoms with van der Waals surface area (Å²) in [5.41, 5.74) is 2.58. The summed E-state index contributed by atoms with van der Waals surface area (Å²) in [6, 6.07) is 10.6. The Hall–Kier alpha value is -2.34. The van der Waals surface area contributed by atoms with Crippen molar-refractivity contribution in [1.82, 2.24) is 15.5 Å². The Balaban J connectivity index is 1.87. The number of esters is 1. The lowest BCUT2D eigenvalue weighted by atomic mass is 10.0. The summed E-state index contributed by atoms with van der Waals surface area (Å²) < 4.78 is 5.21. The van der Waals surface area contributed by atoms with Crippen LogP contribution in [0.15, 0.2) is 30.3 Å². The van der Waals surface area contributed by atoms with Crippen molar-refractivity contribution in [3.05, 3.63) is 47.2 Å². The van der Waals surface area contributed by atoms with Gasteiger partial charge in [-0.2, -0.15) is 5.10 Å². The maximum absolute atomic E-state index is 12.3. The fraction of sp³-hybridized carbons (Fsp3) is 0.444. The zero-order valence-corrected chi connectivity index (χ0v) is 14.2. The second-order valence-electron chi connectivity index (χ2n) is 6.01. The number of rotatable bonds is 5. The molecule has 1 aliphatic heterocycles. The van der Waals surface area contributed by atoms with E-state index in [1.807, 2.05) is 19.9 Å². The van der Waals surface area contributed by atoms with Crippen LogP contribution < -0.4 is 10.2 Å². The highest BCUT2D eigenvalue weighted by molar-refractivity contribution is 5.96. The van der Waals surface area contributed by atoms with Crippen LogP contribution in [0, 0.1) is 6.92 Å². The Morgan fingerprint density at radius 1 is 1.38 bits per heavy atom. The lowest BCUT2D eigenvalue weighted by Gasteiger charge is -2.37. The van der Waals surface area contributed by atoms with Gasteiger partial charge in [-0.25, -0.2) is 4.79 Å². The van der Waals surface area contributed by atoms with Crippen molar-refractivity contribution in [2.24, 2.45) is 0 Å². The lowest BCUT2D eigenvalue weighted by molar-refractivity contribution is 0.0526. The molecule has 1 aromatic heterocycles. The number of ether oxygens (including phenoxy) is 1. The van der Waals surface area contributed by atoms with Crippen molar-refractivity contribution in [3.63, 3.8) is 0 Å². The van der Waals surface area contributed by atoms with E-state index in [-0.39, 0.29) is 12.0 Å². The van der Waals surface area contributed by atoms with Crippen LogP contribution in [0.2, 0.25) is 0 Å². The van der Waals surface area contributed by atoms with Gasteiger partial charge in [-0.05, 0) is 25.8 Å². The molecule has 1 atom stereocenters. The molecule has 0 saturated carbocycles. The molecule has 2 aromatic rings. The number of carbonyl (C=O) groups excluding carboxylic acids is 1. The molecule has 0 bridgehead atoms. The molecule has 3 rings (SSSR count). The van der Waals surface area contributed by atoms with Crippen molar-refractivity contribution in [2.45, 2.75) is 26.3 Å². The number of aryl methyl sites for hydroxylation is 1.